The van der Waals surface area contributed by atoms with Gasteiger partial charge >= 0.3 is 5.97 Å². The van der Waals surface area contributed by atoms with Crippen molar-refractivity contribution in [2.75, 3.05) is 20.7 Å². The third kappa shape index (κ3) is 5.76. The van der Waals surface area contributed by atoms with Crippen LogP contribution in [-0.2, 0) is 19.7 Å². The standard InChI is InChI=1S/C13H26N2O4S/c1-11-5-4-6-12(8-7-11)14-20(17,18)15(2)10-9-13(16)19-3/h11-12,14H,4-10H2,1-3H3. The zero-order valence-electron chi connectivity index (χ0n) is 12.6. The Bertz CT molecular complexity index is 411. The van der Waals surface area contributed by atoms with Crippen LogP contribution in [0.1, 0.15) is 45.4 Å². The van der Waals surface area contributed by atoms with E-state index in [9.17, 15) is 13.2 Å². The Morgan fingerprint density at radius 3 is 2.65 bits per heavy atom. The number of carbonyl (C=O) groups is 1. The van der Waals surface area contributed by atoms with Gasteiger partial charge in [-0.15, -0.1) is 0 Å². The van der Waals surface area contributed by atoms with Gasteiger partial charge in [-0.25, -0.2) is 0 Å². The summed E-state index contributed by atoms with van der Waals surface area (Å²) in [5, 5.41) is 0. The first-order valence-electron chi connectivity index (χ1n) is 7.15. The molecule has 0 bridgehead atoms. The van der Waals surface area contributed by atoms with E-state index in [2.05, 4.69) is 16.4 Å². The Morgan fingerprint density at radius 1 is 1.30 bits per heavy atom. The molecule has 1 aliphatic rings. The summed E-state index contributed by atoms with van der Waals surface area (Å²) < 4.78 is 32.7. The number of esters is 1. The van der Waals surface area contributed by atoms with Crippen LogP contribution in [-0.4, -0.2) is 45.4 Å². The highest BCUT2D eigenvalue weighted by Gasteiger charge is 2.24. The minimum atomic E-state index is -3.52. The van der Waals surface area contributed by atoms with E-state index < -0.39 is 16.2 Å². The third-order valence-electron chi connectivity index (χ3n) is 3.84. The maximum atomic E-state index is 12.2. The van der Waals surface area contributed by atoms with Crippen molar-refractivity contribution < 1.29 is 17.9 Å². The van der Waals surface area contributed by atoms with Gasteiger partial charge in [0.05, 0.1) is 13.5 Å². The molecule has 1 fully saturated rings. The summed E-state index contributed by atoms with van der Waals surface area (Å²) in [4.78, 5) is 11.1. The number of nitrogens with one attached hydrogen (secondary N) is 1. The molecule has 6 nitrogen and oxygen atoms in total. The molecule has 0 radical (unpaired) electrons. The maximum Gasteiger partial charge on any atom is 0.306 e. The normalized spacial score (nSPS) is 24.4. The Labute approximate surface area is 122 Å². The second kappa shape index (κ2) is 7.95. The quantitative estimate of drug-likeness (QED) is 0.592. The molecule has 0 heterocycles. The number of carbonyl (C=O) groups excluding carboxylic acids is 1. The molecule has 1 aliphatic carbocycles. The van der Waals surface area contributed by atoms with Gasteiger partial charge in [-0.2, -0.15) is 17.4 Å². The second-order valence-corrected chi connectivity index (χ2v) is 7.39. The molecule has 0 aromatic rings. The first kappa shape index (κ1) is 17.4. The van der Waals surface area contributed by atoms with Crippen molar-refractivity contribution in [1.29, 1.82) is 0 Å². The minimum Gasteiger partial charge on any atom is -0.469 e. The Kier molecular flexibility index (Phi) is 6.91. The van der Waals surface area contributed by atoms with E-state index in [1.807, 2.05) is 0 Å². The van der Waals surface area contributed by atoms with Crippen molar-refractivity contribution in [2.45, 2.75) is 51.5 Å². The summed E-state index contributed by atoms with van der Waals surface area (Å²) in [7, 11) is -0.752. The van der Waals surface area contributed by atoms with E-state index >= 15 is 0 Å². The molecule has 0 aliphatic heterocycles. The van der Waals surface area contributed by atoms with Gasteiger partial charge in [0.1, 0.15) is 0 Å². The predicted octanol–water partition coefficient (Wildman–Crippen LogP) is 1.28. The van der Waals surface area contributed by atoms with E-state index in [4.69, 9.17) is 0 Å². The fourth-order valence-electron chi connectivity index (χ4n) is 2.38. The summed E-state index contributed by atoms with van der Waals surface area (Å²) >= 11 is 0. The largest absolute Gasteiger partial charge is 0.469 e. The predicted molar refractivity (Wildman–Crippen MR) is 77.4 cm³/mol. The molecule has 0 aromatic carbocycles. The van der Waals surface area contributed by atoms with E-state index in [1.165, 1.54) is 18.5 Å². The van der Waals surface area contributed by atoms with Gasteiger partial charge in [0.15, 0.2) is 0 Å². The van der Waals surface area contributed by atoms with E-state index in [1.54, 1.807) is 0 Å². The Morgan fingerprint density at radius 2 is 2.00 bits per heavy atom. The van der Waals surface area contributed by atoms with Crippen LogP contribution >= 0.6 is 0 Å². The van der Waals surface area contributed by atoms with Crippen LogP contribution in [0.15, 0.2) is 0 Å². The monoisotopic (exact) mass is 306 g/mol. The van der Waals surface area contributed by atoms with Gasteiger partial charge < -0.3 is 4.74 Å². The van der Waals surface area contributed by atoms with E-state index in [0.717, 1.165) is 32.1 Å². The van der Waals surface area contributed by atoms with Crippen LogP contribution in [0.4, 0.5) is 0 Å². The number of nitrogens with zero attached hydrogens (tertiary/aromatic N) is 1. The average Bonchev–Trinajstić information content (AvgIpc) is 2.60. The lowest BCUT2D eigenvalue weighted by Gasteiger charge is -2.22. The van der Waals surface area contributed by atoms with Crippen LogP contribution in [0.3, 0.4) is 0 Å². The van der Waals surface area contributed by atoms with Gasteiger partial charge in [-0.1, -0.05) is 19.8 Å². The zero-order valence-corrected chi connectivity index (χ0v) is 13.4. The van der Waals surface area contributed by atoms with Crippen molar-refractivity contribution >= 4 is 16.2 Å². The number of hydrogen-bond acceptors (Lipinski definition) is 4. The first-order valence-corrected chi connectivity index (χ1v) is 8.59. The van der Waals surface area contributed by atoms with Gasteiger partial charge in [0.25, 0.3) is 10.2 Å². The summed E-state index contributed by atoms with van der Waals surface area (Å²) in [6.45, 7) is 2.34. The molecule has 0 aromatic heterocycles. The summed E-state index contributed by atoms with van der Waals surface area (Å²) in [6.07, 6.45) is 5.10. The van der Waals surface area contributed by atoms with Crippen LogP contribution in [0.2, 0.25) is 0 Å². The maximum absolute atomic E-state index is 12.2. The molecular formula is C13H26N2O4S. The Balaban J connectivity index is 2.48. The molecule has 20 heavy (non-hydrogen) atoms. The van der Waals surface area contributed by atoms with E-state index in [0.29, 0.717) is 5.92 Å². The molecule has 1 N–H and O–H groups in total. The summed E-state index contributed by atoms with van der Waals surface area (Å²) in [5.74, 6) is 0.261. The highest BCUT2D eigenvalue weighted by atomic mass is 32.2. The second-order valence-electron chi connectivity index (χ2n) is 5.58. The lowest BCUT2D eigenvalue weighted by atomic mass is 10.0. The van der Waals surface area contributed by atoms with Crippen LogP contribution < -0.4 is 4.72 Å². The average molecular weight is 306 g/mol. The van der Waals surface area contributed by atoms with Crippen LogP contribution in [0.25, 0.3) is 0 Å². The smallest absolute Gasteiger partial charge is 0.306 e. The summed E-state index contributed by atoms with van der Waals surface area (Å²) in [6, 6.07) is 0.00512. The number of methoxy groups -OCH3 is 1. The molecule has 1 saturated carbocycles. The topological polar surface area (TPSA) is 75.7 Å². The number of ether oxygens (including phenoxy) is 1. The van der Waals surface area contributed by atoms with Crippen molar-refractivity contribution in [3.05, 3.63) is 0 Å². The molecule has 0 amide bonds. The van der Waals surface area contributed by atoms with Crippen molar-refractivity contribution in [1.82, 2.24) is 9.03 Å². The van der Waals surface area contributed by atoms with Crippen molar-refractivity contribution in [2.24, 2.45) is 5.92 Å². The molecule has 118 valence electrons. The third-order valence-corrected chi connectivity index (χ3v) is 5.48. The summed E-state index contributed by atoms with van der Waals surface area (Å²) in [5.41, 5.74) is 0. The highest BCUT2D eigenvalue weighted by molar-refractivity contribution is 7.87. The van der Waals surface area contributed by atoms with Gasteiger partial charge in [0, 0.05) is 19.6 Å². The molecule has 0 spiro atoms. The molecular weight excluding hydrogens is 280 g/mol. The Hall–Kier alpha value is -0.660. The first-order chi connectivity index (χ1) is 9.35. The van der Waals surface area contributed by atoms with Gasteiger partial charge in [-0.3, -0.25) is 4.79 Å². The van der Waals surface area contributed by atoms with Crippen LogP contribution in [0.5, 0.6) is 0 Å². The fraction of sp³-hybridized carbons (Fsp3) is 0.923. The molecule has 0 saturated heterocycles. The zero-order chi connectivity index (χ0) is 15.2. The fourth-order valence-corrected chi connectivity index (χ4v) is 3.55. The molecule has 1 rings (SSSR count). The number of hydrogen-bond donors (Lipinski definition) is 1. The SMILES string of the molecule is COC(=O)CCN(C)S(=O)(=O)NC1CCCC(C)CC1. The van der Waals surface area contributed by atoms with Gasteiger partial charge in [0.2, 0.25) is 0 Å². The lowest BCUT2D eigenvalue weighted by molar-refractivity contribution is -0.140. The molecule has 7 heteroatoms. The molecule has 2 unspecified atom stereocenters. The van der Waals surface area contributed by atoms with E-state index in [-0.39, 0.29) is 19.0 Å². The highest BCUT2D eigenvalue weighted by Crippen LogP contribution is 2.23. The van der Waals surface area contributed by atoms with Crippen molar-refractivity contribution in [3.8, 4) is 0 Å². The van der Waals surface area contributed by atoms with Crippen LogP contribution in [0, 0.1) is 5.92 Å². The molecule has 2 atom stereocenters. The number of rotatable bonds is 6. The van der Waals surface area contributed by atoms with Gasteiger partial charge in [-0.05, 0) is 25.2 Å². The lowest BCUT2D eigenvalue weighted by Crippen LogP contribution is -2.44. The minimum absolute atomic E-state index is 0.00512. The van der Waals surface area contributed by atoms with Crippen molar-refractivity contribution in [3.63, 3.8) is 0 Å².